The van der Waals surface area contributed by atoms with Gasteiger partial charge in [-0.15, -0.1) is 0 Å². The second-order valence-corrected chi connectivity index (χ2v) is 9.56. The predicted molar refractivity (Wildman–Crippen MR) is 136 cm³/mol. The molecule has 8 nitrogen and oxygen atoms in total. The molecule has 1 aliphatic carbocycles. The molecule has 0 saturated heterocycles. The van der Waals surface area contributed by atoms with Gasteiger partial charge in [0.2, 0.25) is 0 Å². The maximum Gasteiger partial charge on any atom is 0.282 e. The zero-order chi connectivity index (χ0) is 24.2. The Kier molecular flexibility index (Phi) is 7.41. The molecule has 0 aliphatic heterocycles. The Bertz CT molecular complexity index is 1300. The van der Waals surface area contributed by atoms with Gasteiger partial charge in [-0.2, -0.15) is 9.78 Å². The van der Waals surface area contributed by atoms with Gasteiger partial charge in [0.05, 0.1) is 28.1 Å². The Hall–Kier alpha value is -3.07. The van der Waals surface area contributed by atoms with Crippen molar-refractivity contribution < 1.29 is 9.66 Å². The number of aromatic nitrogens is 2. The number of hydrogen-bond donors (Lipinski definition) is 0. The van der Waals surface area contributed by atoms with Crippen molar-refractivity contribution in [1.82, 2.24) is 9.66 Å². The predicted octanol–water partition coefficient (Wildman–Crippen LogP) is 6.17. The third-order valence-corrected chi connectivity index (χ3v) is 6.72. The summed E-state index contributed by atoms with van der Waals surface area (Å²) in [5.41, 5.74) is 0.734. The normalized spacial score (nSPS) is 15.6. The summed E-state index contributed by atoms with van der Waals surface area (Å²) < 4.78 is 8.10. The molecule has 2 aromatic carbocycles. The number of nitrogens with zero attached hydrogens (tertiary/aromatic N) is 4. The summed E-state index contributed by atoms with van der Waals surface area (Å²) in [7, 11) is 0. The molecule has 1 fully saturated rings. The van der Waals surface area contributed by atoms with Gasteiger partial charge in [-0.25, -0.2) is 4.98 Å². The molecule has 0 unspecified atom stereocenters. The summed E-state index contributed by atoms with van der Waals surface area (Å²) in [5.74, 6) is 1.24. The molecule has 1 aliphatic rings. The minimum Gasteiger partial charge on any atom is -0.490 e. The van der Waals surface area contributed by atoms with Gasteiger partial charge in [0.25, 0.3) is 11.2 Å². The fraction of sp³-hybridized carbons (Fsp3) is 0.400. The Balaban J connectivity index is 1.85. The lowest BCUT2D eigenvalue weighted by Gasteiger charge is -2.22. The Morgan fingerprint density at radius 2 is 2.03 bits per heavy atom. The summed E-state index contributed by atoms with van der Waals surface area (Å²) in [5, 5.41) is 16.3. The van der Waals surface area contributed by atoms with Crippen LogP contribution in [0, 0.1) is 10.1 Å². The number of halogens is 1. The minimum absolute atomic E-state index is 0.0710. The quantitative estimate of drug-likeness (QED) is 0.208. The number of nitro benzene ring substituents is 1. The smallest absolute Gasteiger partial charge is 0.282 e. The van der Waals surface area contributed by atoms with Crippen LogP contribution in [0.2, 0.25) is 0 Å². The fourth-order valence-corrected chi connectivity index (χ4v) is 4.54. The van der Waals surface area contributed by atoms with E-state index in [1.165, 1.54) is 29.4 Å². The van der Waals surface area contributed by atoms with Crippen LogP contribution in [-0.2, 0) is 0 Å². The van der Waals surface area contributed by atoms with Crippen LogP contribution >= 0.6 is 15.9 Å². The summed E-state index contributed by atoms with van der Waals surface area (Å²) in [6.07, 6.45) is 7.40. The van der Waals surface area contributed by atoms with Crippen LogP contribution in [0.1, 0.15) is 69.7 Å². The topological polar surface area (TPSA) is 99.6 Å². The molecule has 34 heavy (non-hydrogen) atoms. The lowest BCUT2D eigenvalue weighted by molar-refractivity contribution is -0.384. The van der Waals surface area contributed by atoms with Crippen molar-refractivity contribution in [1.29, 1.82) is 0 Å². The molecule has 1 saturated carbocycles. The third kappa shape index (κ3) is 5.19. The van der Waals surface area contributed by atoms with Crippen molar-refractivity contribution in [2.45, 2.75) is 64.4 Å². The fourth-order valence-electron chi connectivity index (χ4n) is 4.18. The van der Waals surface area contributed by atoms with Crippen molar-refractivity contribution in [3.05, 3.63) is 72.7 Å². The van der Waals surface area contributed by atoms with Crippen molar-refractivity contribution in [2.75, 3.05) is 0 Å². The Labute approximate surface area is 205 Å². The maximum absolute atomic E-state index is 13.5. The molecule has 1 aromatic heterocycles. The second kappa shape index (κ2) is 10.5. The van der Waals surface area contributed by atoms with Gasteiger partial charge in [0, 0.05) is 28.1 Å². The second-order valence-electron chi connectivity index (χ2n) is 8.64. The molecule has 1 heterocycles. The lowest BCUT2D eigenvalue weighted by atomic mass is 9.88. The molecule has 0 N–H and O–H groups in total. The molecular formula is C25H27BrN4O4. The Morgan fingerprint density at radius 3 is 2.74 bits per heavy atom. The number of nitro groups is 1. The van der Waals surface area contributed by atoms with E-state index in [4.69, 9.17) is 9.72 Å². The number of fused-ring (bicyclic) bond motifs is 1. The highest BCUT2D eigenvalue weighted by Crippen LogP contribution is 2.32. The summed E-state index contributed by atoms with van der Waals surface area (Å²) in [4.78, 5) is 29.2. The van der Waals surface area contributed by atoms with E-state index in [1.807, 2.05) is 26.0 Å². The van der Waals surface area contributed by atoms with Crippen molar-refractivity contribution >= 4 is 38.7 Å². The molecule has 9 heteroatoms. The van der Waals surface area contributed by atoms with Crippen LogP contribution in [0.4, 0.5) is 5.69 Å². The average molecular weight is 527 g/mol. The van der Waals surface area contributed by atoms with Gasteiger partial charge in [-0.1, -0.05) is 42.1 Å². The van der Waals surface area contributed by atoms with E-state index in [0.29, 0.717) is 28.0 Å². The SMILES string of the molecule is CC[C@@H](C)Oc1ccc([N+](=O)[O-])cc1C=Nn1c(C2CCCCC2)nc2ccc(Br)cc2c1=O. The summed E-state index contributed by atoms with van der Waals surface area (Å²) >= 11 is 3.43. The zero-order valence-electron chi connectivity index (χ0n) is 19.2. The molecule has 1 atom stereocenters. The molecule has 0 radical (unpaired) electrons. The third-order valence-electron chi connectivity index (χ3n) is 6.22. The highest BCUT2D eigenvalue weighted by Gasteiger charge is 2.23. The highest BCUT2D eigenvalue weighted by molar-refractivity contribution is 9.10. The van der Waals surface area contributed by atoms with Crippen molar-refractivity contribution in [3.63, 3.8) is 0 Å². The van der Waals surface area contributed by atoms with Crippen LogP contribution in [0.25, 0.3) is 10.9 Å². The first-order chi connectivity index (χ1) is 16.4. The molecule has 4 rings (SSSR count). The van der Waals surface area contributed by atoms with Crippen LogP contribution in [0.15, 0.2) is 50.8 Å². The number of non-ortho nitro benzene ring substituents is 1. The van der Waals surface area contributed by atoms with Gasteiger partial charge in [-0.05, 0) is 50.5 Å². The van der Waals surface area contributed by atoms with Crippen LogP contribution < -0.4 is 10.3 Å². The van der Waals surface area contributed by atoms with Gasteiger partial charge >= 0.3 is 0 Å². The standard InChI is InChI=1S/C25H27BrN4O4/c1-3-16(2)34-23-12-10-20(30(32)33)13-18(23)15-27-29-24(17-7-5-4-6-8-17)28-22-11-9-19(26)14-21(22)25(29)31/h9-17H,3-8H2,1-2H3/t16-/m1/s1. The summed E-state index contributed by atoms with van der Waals surface area (Å²) in [6, 6.07) is 9.84. The van der Waals surface area contributed by atoms with E-state index in [2.05, 4.69) is 21.0 Å². The monoisotopic (exact) mass is 526 g/mol. The molecule has 3 aromatic rings. The average Bonchev–Trinajstić information content (AvgIpc) is 2.84. The first-order valence-electron chi connectivity index (χ1n) is 11.6. The van der Waals surface area contributed by atoms with Gasteiger partial charge in [0.1, 0.15) is 11.6 Å². The molecule has 0 bridgehead atoms. The highest BCUT2D eigenvalue weighted by atomic mass is 79.9. The molecular weight excluding hydrogens is 500 g/mol. The first kappa shape index (κ1) is 24.1. The maximum atomic E-state index is 13.5. The molecule has 178 valence electrons. The molecule has 0 amide bonds. The summed E-state index contributed by atoms with van der Waals surface area (Å²) in [6.45, 7) is 3.93. The number of hydrogen-bond acceptors (Lipinski definition) is 6. The number of rotatable bonds is 7. The van der Waals surface area contributed by atoms with E-state index in [1.54, 1.807) is 12.1 Å². The van der Waals surface area contributed by atoms with Gasteiger partial charge in [-0.3, -0.25) is 14.9 Å². The zero-order valence-corrected chi connectivity index (χ0v) is 20.8. The van der Waals surface area contributed by atoms with Gasteiger partial charge < -0.3 is 4.74 Å². The largest absolute Gasteiger partial charge is 0.490 e. The van der Waals surface area contributed by atoms with Crippen molar-refractivity contribution in [3.8, 4) is 5.75 Å². The van der Waals surface area contributed by atoms with Crippen LogP contribution in [-0.4, -0.2) is 26.9 Å². The van der Waals surface area contributed by atoms with E-state index in [-0.39, 0.29) is 23.3 Å². The van der Waals surface area contributed by atoms with Crippen LogP contribution in [0.5, 0.6) is 5.75 Å². The first-order valence-corrected chi connectivity index (χ1v) is 12.4. The molecule has 0 spiro atoms. The van der Waals surface area contributed by atoms with Gasteiger partial charge in [0.15, 0.2) is 0 Å². The number of ether oxygens (including phenoxy) is 1. The van der Waals surface area contributed by atoms with E-state index in [0.717, 1.165) is 36.6 Å². The van der Waals surface area contributed by atoms with E-state index < -0.39 is 4.92 Å². The van der Waals surface area contributed by atoms with E-state index >= 15 is 0 Å². The van der Waals surface area contributed by atoms with Crippen LogP contribution in [0.3, 0.4) is 0 Å². The minimum atomic E-state index is -0.459. The van der Waals surface area contributed by atoms with E-state index in [9.17, 15) is 14.9 Å². The number of benzene rings is 2. The Morgan fingerprint density at radius 1 is 1.26 bits per heavy atom. The van der Waals surface area contributed by atoms with Crippen molar-refractivity contribution in [2.24, 2.45) is 5.10 Å². The lowest BCUT2D eigenvalue weighted by Crippen LogP contribution is -2.25.